The highest BCUT2D eigenvalue weighted by Crippen LogP contribution is 2.47. The van der Waals surface area contributed by atoms with Crippen LogP contribution in [-0.2, 0) is 6.61 Å². The van der Waals surface area contributed by atoms with Crippen LogP contribution in [0.4, 0.5) is 4.79 Å². The molecule has 3 aromatic carbocycles. The van der Waals surface area contributed by atoms with Crippen molar-refractivity contribution in [3.8, 4) is 28.7 Å². The van der Waals surface area contributed by atoms with Crippen LogP contribution in [0.3, 0.4) is 0 Å². The van der Waals surface area contributed by atoms with Crippen LogP contribution in [-0.4, -0.2) is 45.4 Å². The number of methoxy groups -OCH3 is 3. The monoisotopic (exact) mass is 507 g/mol. The summed E-state index contributed by atoms with van der Waals surface area (Å²) in [6.45, 7) is 4.78. The van der Waals surface area contributed by atoms with E-state index in [0.29, 0.717) is 29.6 Å². The summed E-state index contributed by atoms with van der Waals surface area (Å²) < 4.78 is 34.2. The van der Waals surface area contributed by atoms with Gasteiger partial charge in [0.1, 0.15) is 6.61 Å². The number of carbonyl (C=O) groups is 1. The number of rotatable bonds is 9. The molecule has 0 saturated carbocycles. The van der Waals surface area contributed by atoms with Crippen LogP contribution in [0.5, 0.6) is 28.7 Å². The number of nitrogens with zero attached hydrogens (tertiary/aromatic N) is 1. The number of hydrogen-bond acceptors (Lipinski definition) is 8. The van der Waals surface area contributed by atoms with Crippen LogP contribution in [0.15, 0.2) is 57.7 Å². The summed E-state index contributed by atoms with van der Waals surface area (Å²) in [6.07, 6.45) is -0.591. The normalized spacial score (nSPS) is 10.8. The van der Waals surface area contributed by atoms with Crippen molar-refractivity contribution in [2.75, 3.05) is 34.4 Å². The quantitative estimate of drug-likeness (QED) is 0.220. The number of amides is 1. The summed E-state index contributed by atoms with van der Waals surface area (Å²) in [4.78, 5) is 27.9. The highest BCUT2D eigenvalue weighted by atomic mass is 16.6. The molecule has 4 rings (SSSR count). The van der Waals surface area contributed by atoms with E-state index >= 15 is 0 Å². The minimum Gasteiger partial charge on any atom is -0.493 e. The summed E-state index contributed by atoms with van der Waals surface area (Å²) in [5.74, 6) is 1.07. The van der Waals surface area contributed by atoms with Gasteiger partial charge < -0.3 is 33.0 Å². The van der Waals surface area contributed by atoms with E-state index in [1.54, 1.807) is 12.1 Å². The molecule has 1 aromatic heterocycles. The lowest BCUT2D eigenvalue weighted by Gasteiger charge is -2.21. The molecule has 9 heteroatoms. The molecule has 0 bridgehead atoms. The van der Waals surface area contributed by atoms with Crippen molar-refractivity contribution in [2.45, 2.75) is 20.5 Å². The van der Waals surface area contributed by atoms with E-state index in [2.05, 4.69) is 0 Å². The van der Waals surface area contributed by atoms with E-state index in [0.717, 1.165) is 5.56 Å². The van der Waals surface area contributed by atoms with Crippen molar-refractivity contribution in [3.63, 3.8) is 0 Å². The van der Waals surface area contributed by atoms with Crippen molar-refractivity contribution >= 4 is 27.8 Å². The zero-order chi connectivity index (χ0) is 26.5. The van der Waals surface area contributed by atoms with Gasteiger partial charge in [0.25, 0.3) is 0 Å². The van der Waals surface area contributed by atoms with Gasteiger partial charge in [-0.3, -0.25) is 0 Å². The Hall–Kier alpha value is -4.40. The molecule has 1 amide bonds. The molecule has 1 heterocycles. The van der Waals surface area contributed by atoms with Gasteiger partial charge in [-0.25, -0.2) is 9.59 Å². The van der Waals surface area contributed by atoms with Crippen LogP contribution in [0.1, 0.15) is 19.4 Å². The van der Waals surface area contributed by atoms with Crippen LogP contribution < -0.4 is 29.3 Å². The average molecular weight is 508 g/mol. The molecular formula is C28H29NO8. The van der Waals surface area contributed by atoms with E-state index < -0.39 is 11.7 Å². The fraction of sp³-hybridized carbons (Fsp3) is 0.286. The molecule has 9 nitrogen and oxygen atoms in total. The third-order valence-corrected chi connectivity index (χ3v) is 6.04. The van der Waals surface area contributed by atoms with Gasteiger partial charge in [-0.2, -0.15) is 0 Å². The first-order valence-corrected chi connectivity index (χ1v) is 11.8. The van der Waals surface area contributed by atoms with Crippen molar-refractivity contribution in [1.82, 2.24) is 4.90 Å². The highest BCUT2D eigenvalue weighted by molar-refractivity contribution is 6.12. The van der Waals surface area contributed by atoms with Gasteiger partial charge in [0, 0.05) is 23.9 Å². The Morgan fingerprint density at radius 2 is 1.54 bits per heavy atom. The SMILES string of the molecule is CCN(CC)C(=O)Oc1c(OC)c(OCc2ccccc2)cc2c(=O)oc3c(OC)c(OC)ccc3c12. The Labute approximate surface area is 214 Å². The highest BCUT2D eigenvalue weighted by Gasteiger charge is 2.27. The Balaban J connectivity index is 2.01. The van der Waals surface area contributed by atoms with Gasteiger partial charge in [0.2, 0.25) is 11.5 Å². The Kier molecular flexibility index (Phi) is 7.71. The molecule has 0 aliphatic heterocycles. The van der Waals surface area contributed by atoms with Crippen molar-refractivity contribution in [3.05, 3.63) is 64.5 Å². The van der Waals surface area contributed by atoms with E-state index in [4.69, 9.17) is 28.1 Å². The molecule has 0 aliphatic rings. The van der Waals surface area contributed by atoms with E-state index in [1.165, 1.54) is 32.3 Å². The molecule has 0 aliphatic carbocycles. The molecule has 194 valence electrons. The van der Waals surface area contributed by atoms with E-state index in [1.807, 2.05) is 44.2 Å². The van der Waals surface area contributed by atoms with Gasteiger partial charge in [-0.1, -0.05) is 30.3 Å². The third kappa shape index (κ3) is 4.84. The number of ether oxygens (including phenoxy) is 5. The van der Waals surface area contributed by atoms with Crippen molar-refractivity contribution in [2.24, 2.45) is 0 Å². The Bertz CT molecular complexity index is 1480. The summed E-state index contributed by atoms with van der Waals surface area (Å²) >= 11 is 0. The number of benzene rings is 3. The Morgan fingerprint density at radius 3 is 2.16 bits per heavy atom. The second kappa shape index (κ2) is 11.1. The average Bonchev–Trinajstić information content (AvgIpc) is 2.92. The zero-order valence-electron chi connectivity index (χ0n) is 21.5. The van der Waals surface area contributed by atoms with Crippen molar-refractivity contribution < 1.29 is 32.9 Å². The molecule has 0 N–H and O–H groups in total. The summed E-state index contributed by atoms with van der Waals surface area (Å²) in [6, 6.07) is 14.5. The smallest absolute Gasteiger partial charge is 0.415 e. The molecule has 37 heavy (non-hydrogen) atoms. The van der Waals surface area contributed by atoms with Gasteiger partial charge in [0.05, 0.1) is 26.7 Å². The fourth-order valence-electron chi connectivity index (χ4n) is 4.16. The lowest BCUT2D eigenvalue weighted by Crippen LogP contribution is -2.33. The van der Waals surface area contributed by atoms with E-state index in [-0.39, 0.29) is 40.6 Å². The lowest BCUT2D eigenvalue weighted by atomic mass is 10.0. The maximum Gasteiger partial charge on any atom is 0.415 e. The largest absolute Gasteiger partial charge is 0.493 e. The maximum absolute atomic E-state index is 13.3. The predicted octanol–water partition coefficient (Wildman–Crippen LogP) is 5.39. The van der Waals surface area contributed by atoms with Crippen LogP contribution >= 0.6 is 0 Å². The second-order valence-corrected chi connectivity index (χ2v) is 8.04. The standard InChI is InChI=1S/C28H29NO8/c1-6-29(7-2)28(31)37-26-22-18-13-14-20(32-3)24(33-4)23(18)36-27(30)19(22)15-21(25(26)34-5)35-16-17-11-9-8-10-12-17/h8-15H,6-7,16H2,1-5H3. The van der Waals surface area contributed by atoms with Crippen LogP contribution in [0.2, 0.25) is 0 Å². The number of carbonyl (C=O) groups excluding carboxylic acids is 1. The first-order valence-electron chi connectivity index (χ1n) is 11.8. The second-order valence-electron chi connectivity index (χ2n) is 8.04. The topological polar surface area (TPSA) is 96.7 Å². The molecule has 0 unspecified atom stereocenters. The predicted molar refractivity (Wildman–Crippen MR) is 139 cm³/mol. The summed E-state index contributed by atoms with van der Waals surface area (Å²) in [5.41, 5.74) is 0.398. The molecule has 0 fully saturated rings. The maximum atomic E-state index is 13.3. The van der Waals surface area contributed by atoms with Gasteiger partial charge in [0.15, 0.2) is 22.8 Å². The summed E-state index contributed by atoms with van der Waals surface area (Å²) in [7, 11) is 4.38. The molecule has 4 aromatic rings. The zero-order valence-corrected chi connectivity index (χ0v) is 21.5. The summed E-state index contributed by atoms with van der Waals surface area (Å²) in [5, 5.41) is 0.963. The molecule has 0 atom stereocenters. The Morgan fingerprint density at radius 1 is 0.838 bits per heavy atom. The van der Waals surface area contributed by atoms with Crippen LogP contribution in [0.25, 0.3) is 21.7 Å². The lowest BCUT2D eigenvalue weighted by molar-refractivity contribution is 0.155. The number of hydrogen-bond donors (Lipinski definition) is 0. The van der Waals surface area contributed by atoms with Crippen molar-refractivity contribution in [1.29, 1.82) is 0 Å². The van der Waals surface area contributed by atoms with Gasteiger partial charge >= 0.3 is 11.7 Å². The van der Waals surface area contributed by atoms with Gasteiger partial charge in [-0.05, 0) is 37.6 Å². The minimum atomic E-state index is -0.665. The minimum absolute atomic E-state index is 0.0464. The fourth-order valence-corrected chi connectivity index (χ4v) is 4.16. The van der Waals surface area contributed by atoms with Crippen LogP contribution in [0, 0.1) is 0 Å². The first-order chi connectivity index (χ1) is 18.0. The van der Waals surface area contributed by atoms with Gasteiger partial charge in [-0.15, -0.1) is 0 Å². The first kappa shape index (κ1) is 25.7. The molecule has 0 spiro atoms. The molecule has 0 saturated heterocycles. The third-order valence-electron chi connectivity index (χ3n) is 6.04. The molecular weight excluding hydrogens is 478 g/mol. The van der Waals surface area contributed by atoms with E-state index in [9.17, 15) is 9.59 Å². The molecule has 0 radical (unpaired) electrons. The number of fused-ring (bicyclic) bond motifs is 3.